The third-order valence-electron chi connectivity index (χ3n) is 2.21. The molecule has 0 amide bonds. The van der Waals surface area contributed by atoms with Crippen LogP contribution in [-0.2, 0) is 10.0 Å². The number of nitrogens with zero attached hydrogens (tertiary/aromatic N) is 1. The maximum atomic E-state index is 13.3. The molecule has 2 rings (SSSR count). The predicted molar refractivity (Wildman–Crippen MR) is 79.1 cm³/mol. The summed E-state index contributed by atoms with van der Waals surface area (Å²) in [5.74, 6) is -0.812. The predicted octanol–water partition coefficient (Wildman–Crippen LogP) is 4.35. The van der Waals surface area contributed by atoms with Crippen molar-refractivity contribution in [1.29, 1.82) is 0 Å². The topological polar surface area (TPSA) is 59.1 Å². The van der Waals surface area contributed by atoms with Gasteiger partial charge in [-0.2, -0.15) is 0 Å². The molecule has 4 nitrogen and oxygen atoms in total. The number of halogens is 4. The number of nitrogens with one attached hydrogen (secondary N) is 1. The van der Waals surface area contributed by atoms with E-state index in [4.69, 9.17) is 34.8 Å². The van der Waals surface area contributed by atoms with Crippen molar-refractivity contribution in [3.63, 3.8) is 0 Å². The number of sulfonamides is 1. The van der Waals surface area contributed by atoms with Crippen LogP contribution in [0.25, 0.3) is 0 Å². The monoisotopic (exact) mass is 374 g/mol. The van der Waals surface area contributed by atoms with Crippen LogP contribution in [-0.4, -0.2) is 13.4 Å². The standard InChI is InChI=1S/C10H6Cl3FN2O2S2/c1-4-9(19-10(13)15-4)20(17,18)16-5-2-6(11)8(14)7(12)3-5/h2-3,16H,1H3. The highest BCUT2D eigenvalue weighted by Crippen LogP contribution is 2.31. The van der Waals surface area contributed by atoms with Gasteiger partial charge in [0.05, 0.1) is 21.4 Å². The average Bonchev–Trinajstić information content (AvgIpc) is 2.65. The van der Waals surface area contributed by atoms with Crippen LogP contribution in [0.4, 0.5) is 10.1 Å². The first-order valence-corrected chi connectivity index (χ1v) is 8.44. The Morgan fingerprint density at radius 3 is 2.25 bits per heavy atom. The minimum absolute atomic E-state index is 0.0286. The number of benzene rings is 1. The molecule has 0 fully saturated rings. The van der Waals surface area contributed by atoms with Crippen LogP contribution in [0.15, 0.2) is 16.3 Å². The second-order valence-corrected chi connectivity index (χ2v) is 7.97. The molecule has 1 aromatic carbocycles. The summed E-state index contributed by atoms with van der Waals surface area (Å²) in [7, 11) is -3.89. The summed E-state index contributed by atoms with van der Waals surface area (Å²) < 4.78 is 39.9. The molecule has 0 radical (unpaired) electrons. The molecule has 10 heteroatoms. The van der Waals surface area contributed by atoms with Gasteiger partial charge < -0.3 is 0 Å². The van der Waals surface area contributed by atoms with Gasteiger partial charge in [0.2, 0.25) is 0 Å². The van der Waals surface area contributed by atoms with E-state index in [2.05, 4.69) is 9.71 Å². The molecule has 0 bridgehead atoms. The molecular formula is C10H6Cl3FN2O2S2. The van der Waals surface area contributed by atoms with Crippen LogP contribution < -0.4 is 4.72 Å². The van der Waals surface area contributed by atoms with Crippen molar-refractivity contribution in [1.82, 2.24) is 4.98 Å². The second kappa shape index (κ2) is 5.65. The van der Waals surface area contributed by atoms with Gasteiger partial charge in [-0.05, 0) is 19.1 Å². The van der Waals surface area contributed by atoms with Crippen molar-refractivity contribution in [3.8, 4) is 0 Å². The largest absolute Gasteiger partial charge is 0.279 e. The van der Waals surface area contributed by atoms with E-state index in [9.17, 15) is 12.8 Å². The zero-order chi connectivity index (χ0) is 15.1. The summed E-state index contributed by atoms with van der Waals surface area (Å²) in [6.07, 6.45) is 0. The summed E-state index contributed by atoms with van der Waals surface area (Å²) in [6.45, 7) is 1.52. The highest BCUT2D eigenvalue weighted by atomic mass is 35.5. The van der Waals surface area contributed by atoms with Gasteiger partial charge in [0.1, 0.15) is 0 Å². The average molecular weight is 376 g/mol. The first-order valence-electron chi connectivity index (χ1n) is 5.01. The number of rotatable bonds is 3. The van der Waals surface area contributed by atoms with Gasteiger partial charge in [0, 0.05) is 0 Å². The lowest BCUT2D eigenvalue weighted by molar-refractivity contribution is 0.602. The summed E-state index contributed by atoms with van der Waals surface area (Å²) in [4.78, 5) is 3.82. The maximum absolute atomic E-state index is 13.3. The molecule has 0 unspecified atom stereocenters. The zero-order valence-electron chi connectivity index (χ0n) is 9.75. The second-order valence-electron chi connectivity index (χ2n) is 3.70. The quantitative estimate of drug-likeness (QED) is 0.811. The van der Waals surface area contributed by atoms with Gasteiger partial charge in [-0.1, -0.05) is 46.1 Å². The van der Waals surface area contributed by atoms with Gasteiger partial charge in [0.25, 0.3) is 10.0 Å². The van der Waals surface area contributed by atoms with Crippen LogP contribution in [0, 0.1) is 12.7 Å². The molecule has 0 atom stereocenters. The summed E-state index contributed by atoms with van der Waals surface area (Å²) in [5, 5.41) is -0.566. The Hall–Kier alpha value is -0.600. The molecule has 20 heavy (non-hydrogen) atoms. The Morgan fingerprint density at radius 2 is 1.80 bits per heavy atom. The highest BCUT2D eigenvalue weighted by Gasteiger charge is 2.22. The molecule has 1 heterocycles. The number of aryl methyl sites for hydroxylation is 1. The third-order valence-corrected chi connectivity index (χ3v) is 6.01. The van der Waals surface area contributed by atoms with Gasteiger partial charge in [0.15, 0.2) is 14.5 Å². The molecule has 0 saturated heterocycles. The Morgan fingerprint density at radius 1 is 1.25 bits per heavy atom. The van der Waals surface area contributed by atoms with Crippen LogP contribution in [0.3, 0.4) is 0 Å². The van der Waals surface area contributed by atoms with Crippen molar-refractivity contribution in [3.05, 3.63) is 38.2 Å². The molecule has 0 saturated carbocycles. The fourth-order valence-corrected chi connectivity index (χ4v) is 4.68. The zero-order valence-corrected chi connectivity index (χ0v) is 13.6. The summed E-state index contributed by atoms with van der Waals surface area (Å²) in [5.41, 5.74) is 0.317. The maximum Gasteiger partial charge on any atom is 0.273 e. The molecule has 1 aromatic heterocycles. The molecule has 0 spiro atoms. The fourth-order valence-electron chi connectivity index (χ4n) is 1.42. The Kier molecular flexibility index (Phi) is 4.46. The number of anilines is 1. The molecule has 0 aliphatic carbocycles. The van der Waals surface area contributed by atoms with E-state index >= 15 is 0 Å². The first-order chi connectivity index (χ1) is 9.20. The van der Waals surface area contributed by atoms with Gasteiger partial charge in [-0.25, -0.2) is 17.8 Å². The third kappa shape index (κ3) is 3.17. The number of aromatic nitrogens is 1. The van der Waals surface area contributed by atoms with E-state index in [1.165, 1.54) is 6.92 Å². The van der Waals surface area contributed by atoms with E-state index < -0.39 is 15.8 Å². The van der Waals surface area contributed by atoms with Crippen molar-refractivity contribution in [2.45, 2.75) is 11.1 Å². The number of hydrogen-bond donors (Lipinski definition) is 1. The van der Waals surface area contributed by atoms with E-state index in [1.807, 2.05) is 0 Å². The van der Waals surface area contributed by atoms with Crippen LogP contribution in [0.5, 0.6) is 0 Å². The highest BCUT2D eigenvalue weighted by molar-refractivity contribution is 7.94. The number of thiazole rings is 1. The van der Waals surface area contributed by atoms with E-state index in [0.717, 1.165) is 23.5 Å². The Bertz CT molecular complexity index is 754. The molecular weight excluding hydrogens is 370 g/mol. The van der Waals surface area contributed by atoms with Gasteiger partial charge >= 0.3 is 0 Å². The molecule has 2 aromatic rings. The molecule has 0 aliphatic heterocycles. The molecule has 1 N–H and O–H groups in total. The SMILES string of the molecule is Cc1nc(Cl)sc1S(=O)(=O)Nc1cc(Cl)c(F)c(Cl)c1. The first kappa shape index (κ1) is 15.8. The summed E-state index contributed by atoms with van der Waals surface area (Å²) in [6, 6.07) is 2.25. The van der Waals surface area contributed by atoms with Crippen LogP contribution in [0.1, 0.15) is 5.69 Å². The molecule has 108 valence electrons. The Labute approximate surface area is 133 Å². The normalized spacial score (nSPS) is 11.7. The van der Waals surface area contributed by atoms with Gasteiger partial charge in [-0.15, -0.1) is 0 Å². The smallest absolute Gasteiger partial charge is 0.273 e. The van der Waals surface area contributed by atoms with Crippen LogP contribution >= 0.6 is 46.1 Å². The Balaban J connectivity index is 2.41. The number of hydrogen-bond acceptors (Lipinski definition) is 4. The van der Waals surface area contributed by atoms with E-state index in [0.29, 0.717) is 0 Å². The lowest BCUT2D eigenvalue weighted by Crippen LogP contribution is -2.12. The molecule has 0 aliphatic rings. The van der Waals surface area contributed by atoms with Gasteiger partial charge in [-0.3, -0.25) is 4.72 Å². The van der Waals surface area contributed by atoms with Crippen molar-refractivity contribution in [2.24, 2.45) is 0 Å². The minimum Gasteiger partial charge on any atom is -0.279 e. The lowest BCUT2D eigenvalue weighted by Gasteiger charge is -2.08. The van der Waals surface area contributed by atoms with Crippen molar-refractivity contribution < 1.29 is 12.8 Å². The van der Waals surface area contributed by atoms with Crippen molar-refractivity contribution in [2.75, 3.05) is 4.72 Å². The van der Waals surface area contributed by atoms with E-state index in [-0.39, 0.29) is 30.1 Å². The van der Waals surface area contributed by atoms with E-state index in [1.54, 1.807) is 0 Å². The fraction of sp³-hybridized carbons (Fsp3) is 0.100. The van der Waals surface area contributed by atoms with Crippen molar-refractivity contribution >= 4 is 61.9 Å². The summed E-state index contributed by atoms with van der Waals surface area (Å²) >= 11 is 17.7. The van der Waals surface area contributed by atoms with Crippen LogP contribution in [0.2, 0.25) is 14.5 Å². The minimum atomic E-state index is -3.89. The lowest BCUT2D eigenvalue weighted by atomic mass is 10.3.